The SMILES string of the molecule is CCCNC(C)c1cc(Cl)ccc1OCC1CNC(=O)O1. The second-order valence-electron chi connectivity index (χ2n) is 5.08. The summed E-state index contributed by atoms with van der Waals surface area (Å²) in [6, 6.07) is 5.70. The Morgan fingerprint density at radius 2 is 2.38 bits per heavy atom. The van der Waals surface area contributed by atoms with E-state index in [1.54, 1.807) is 6.07 Å². The van der Waals surface area contributed by atoms with E-state index >= 15 is 0 Å². The van der Waals surface area contributed by atoms with Crippen LogP contribution in [0.15, 0.2) is 18.2 Å². The maximum Gasteiger partial charge on any atom is 0.407 e. The van der Waals surface area contributed by atoms with Crippen molar-refractivity contribution in [3.05, 3.63) is 28.8 Å². The molecule has 0 saturated carbocycles. The molecule has 5 nitrogen and oxygen atoms in total. The van der Waals surface area contributed by atoms with Crippen molar-refractivity contribution in [3.63, 3.8) is 0 Å². The van der Waals surface area contributed by atoms with Crippen LogP contribution in [0.5, 0.6) is 5.75 Å². The van der Waals surface area contributed by atoms with E-state index in [-0.39, 0.29) is 12.1 Å². The number of cyclic esters (lactones) is 1. The number of alkyl carbamates (subject to hydrolysis) is 1. The highest BCUT2D eigenvalue weighted by atomic mass is 35.5. The zero-order valence-electron chi connectivity index (χ0n) is 12.3. The van der Waals surface area contributed by atoms with E-state index in [0.717, 1.165) is 24.3 Å². The van der Waals surface area contributed by atoms with Gasteiger partial charge in [-0.3, -0.25) is 0 Å². The van der Waals surface area contributed by atoms with E-state index in [0.29, 0.717) is 18.2 Å². The molecule has 0 bridgehead atoms. The Balaban J connectivity index is 2.02. The third-order valence-electron chi connectivity index (χ3n) is 3.31. The van der Waals surface area contributed by atoms with E-state index in [1.807, 2.05) is 12.1 Å². The first-order valence-corrected chi connectivity index (χ1v) is 7.58. The van der Waals surface area contributed by atoms with Gasteiger partial charge < -0.3 is 20.1 Å². The summed E-state index contributed by atoms with van der Waals surface area (Å²) in [4.78, 5) is 11.0. The van der Waals surface area contributed by atoms with Gasteiger partial charge in [-0.05, 0) is 38.1 Å². The molecule has 2 atom stereocenters. The molecule has 1 aromatic carbocycles. The van der Waals surface area contributed by atoms with Crippen molar-refractivity contribution in [2.75, 3.05) is 19.7 Å². The molecule has 1 heterocycles. The van der Waals surface area contributed by atoms with E-state index in [2.05, 4.69) is 24.5 Å². The standard InChI is InChI=1S/C15H21ClN2O3/c1-3-6-17-10(2)13-7-11(16)4-5-14(13)20-9-12-8-18-15(19)21-12/h4-5,7,10,12,17H,3,6,8-9H2,1-2H3,(H,18,19). The van der Waals surface area contributed by atoms with Gasteiger partial charge in [0.25, 0.3) is 0 Å². The molecule has 0 radical (unpaired) electrons. The number of halogens is 1. The fourth-order valence-electron chi connectivity index (χ4n) is 2.17. The molecule has 0 aliphatic carbocycles. The predicted octanol–water partition coefficient (Wildman–Crippen LogP) is 2.89. The highest BCUT2D eigenvalue weighted by Crippen LogP contribution is 2.28. The maximum atomic E-state index is 11.0. The van der Waals surface area contributed by atoms with Gasteiger partial charge in [-0.2, -0.15) is 0 Å². The molecule has 2 N–H and O–H groups in total. The predicted molar refractivity (Wildman–Crippen MR) is 81.9 cm³/mol. The van der Waals surface area contributed by atoms with Crippen LogP contribution in [-0.4, -0.2) is 31.9 Å². The van der Waals surface area contributed by atoms with Crippen molar-refractivity contribution in [2.45, 2.75) is 32.4 Å². The number of hydrogen-bond acceptors (Lipinski definition) is 4. The zero-order chi connectivity index (χ0) is 15.2. The van der Waals surface area contributed by atoms with Gasteiger partial charge in [0.15, 0.2) is 6.10 Å². The zero-order valence-corrected chi connectivity index (χ0v) is 13.1. The molecular formula is C15H21ClN2O3. The van der Waals surface area contributed by atoms with Crippen LogP contribution in [0, 0.1) is 0 Å². The molecule has 2 unspecified atom stereocenters. The van der Waals surface area contributed by atoms with Gasteiger partial charge in [0, 0.05) is 16.6 Å². The number of nitrogens with one attached hydrogen (secondary N) is 2. The van der Waals surface area contributed by atoms with E-state index in [9.17, 15) is 4.79 Å². The lowest BCUT2D eigenvalue weighted by Gasteiger charge is -2.19. The van der Waals surface area contributed by atoms with Crippen molar-refractivity contribution in [1.29, 1.82) is 0 Å². The topological polar surface area (TPSA) is 59.6 Å². The van der Waals surface area contributed by atoms with Crippen LogP contribution in [0.3, 0.4) is 0 Å². The molecule has 116 valence electrons. The smallest absolute Gasteiger partial charge is 0.407 e. The van der Waals surface area contributed by atoms with Crippen molar-refractivity contribution >= 4 is 17.7 Å². The molecule has 1 aliphatic rings. The molecule has 1 amide bonds. The van der Waals surface area contributed by atoms with Crippen LogP contribution in [0.1, 0.15) is 31.9 Å². The van der Waals surface area contributed by atoms with Crippen molar-refractivity contribution in [3.8, 4) is 5.75 Å². The lowest BCUT2D eigenvalue weighted by molar-refractivity contribution is 0.104. The van der Waals surface area contributed by atoms with Gasteiger partial charge in [0.2, 0.25) is 0 Å². The quantitative estimate of drug-likeness (QED) is 0.813. The summed E-state index contributed by atoms with van der Waals surface area (Å²) in [5.41, 5.74) is 1.01. The maximum absolute atomic E-state index is 11.0. The molecular weight excluding hydrogens is 292 g/mol. The molecule has 6 heteroatoms. The van der Waals surface area contributed by atoms with Gasteiger partial charge in [0.1, 0.15) is 12.4 Å². The largest absolute Gasteiger partial charge is 0.489 e. The van der Waals surface area contributed by atoms with Gasteiger partial charge in [-0.1, -0.05) is 18.5 Å². The first-order valence-electron chi connectivity index (χ1n) is 7.20. The average Bonchev–Trinajstić information content (AvgIpc) is 2.89. The minimum absolute atomic E-state index is 0.142. The Morgan fingerprint density at radius 3 is 3.05 bits per heavy atom. The lowest BCUT2D eigenvalue weighted by atomic mass is 10.1. The number of amides is 1. The highest BCUT2D eigenvalue weighted by molar-refractivity contribution is 6.30. The number of ether oxygens (including phenoxy) is 2. The van der Waals surface area contributed by atoms with Gasteiger partial charge in [-0.25, -0.2) is 4.79 Å². The minimum Gasteiger partial charge on any atom is -0.489 e. The summed E-state index contributed by atoms with van der Waals surface area (Å²) < 4.78 is 10.9. The number of rotatable bonds is 7. The van der Waals surface area contributed by atoms with Crippen LogP contribution in [0.4, 0.5) is 4.79 Å². The van der Waals surface area contributed by atoms with Crippen molar-refractivity contribution in [1.82, 2.24) is 10.6 Å². The Kier molecular flexibility index (Phi) is 5.70. The number of hydrogen-bond donors (Lipinski definition) is 2. The Morgan fingerprint density at radius 1 is 1.57 bits per heavy atom. The van der Waals surface area contributed by atoms with Gasteiger partial charge in [-0.15, -0.1) is 0 Å². The molecule has 0 spiro atoms. The normalized spacial score (nSPS) is 19.0. The third kappa shape index (κ3) is 4.51. The highest BCUT2D eigenvalue weighted by Gasteiger charge is 2.23. The molecule has 1 aromatic rings. The Bertz CT molecular complexity index is 496. The number of carbonyl (C=O) groups is 1. The fraction of sp³-hybridized carbons (Fsp3) is 0.533. The molecule has 1 fully saturated rings. The first kappa shape index (κ1) is 15.9. The summed E-state index contributed by atoms with van der Waals surface area (Å²) in [7, 11) is 0. The molecule has 1 saturated heterocycles. The number of benzene rings is 1. The molecule has 0 aromatic heterocycles. The molecule has 2 rings (SSSR count). The second kappa shape index (κ2) is 7.52. The summed E-state index contributed by atoms with van der Waals surface area (Å²) in [6.45, 7) is 5.93. The van der Waals surface area contributed by atoms with Crippen LogP contribution >= 0.6 is 11.6 Å². The van der Waals surface area contributed by atoms with E-state index in [1.165, 1.54) is 0 Å². The monoisotopic (exact) mass is 312 g/mol. The summed E-state index contributed by atoms with van der Waals surface area (Å²) in [6.07, 6.45) is 0.419. The van der Waals surface area contributed by atoms with Crippen molar-refractivity contribution < 1.29 is 14.3 Å². The summed E-state index contributed by atoms with van der Waals surface area (Å²) >= 11 is 6.08. The first-order chi connectivity index (χ1) is 10.1. The summed E-state index contributed by atoms with van der Waals surface area (Å²) in [5.74, 6) is 0.762. The Hall–Kier alpha value is -1.46. The van der Waals surface area contributed by atoms with E-state index < -0.39 is 6.09 Å². The van der Waals surface area contributed by atoms with Crippen LogP contribution in [-0.2, 0) is 4.74 Å². The third-order valence-corrected chi connectivity index (χ3v) is 3.55. The molecule has 21 heavy (non-hydrogen) atoms. The fourth-order valence-corrected chi connectivity index (χ4v) is 2.35. The molecule has 1 aliphatic heterocycles. The van der Waals surface area contributed by atoms with Crippen LogP contribution in [0.25, 0.3) is 0 Å². The summed E-state index contributed by atoms with van der Waals surface area (Å²) in [5, 5.41) is 6.70. The average molecular weight is 313 g/mol. The van der Waals surface area contributed by atoms with Gasteiger partial charge in [0.05, 0.1) is 6.54 Å². The van der Waals surface area contributed by atoms with Gasteiger partial charge >= 0.3 is 6.09 Å². The van der Waals surface area contributed by atoms with Crippen molar-refractivity contribution in [2.24, 2.45) is 0 Å². The number of carbonyl (C=O) groups excluding carboxylic acids is 1. The van der Waals surface area contributed by atoms with Crippen LogP contribution in [0.2, 0.25) is 5.02 Å². The lowest BCUT2D eigenvalue weighted by Crippen LogP contribution is -2.24. The minimum atomic E-state index is -0.391. The van der Waals surface area contributed by atoms with E-state index in [4.69, 9.17) is 21.1 Å². The van der Waals surface area contributed by atoms with Crippen LogP contribution < -0.4 is 15.4 Å². The Labute approximate surface area is 130 Å². The second-order valence-corrected chi connectivity index (χ2v) is 5.51.